The van der Waals surface area contributed by atoms with Crippen LogP contribution in [0.15, 0.2) is 24.3 Å². The van der Waals surface area contributed by atoms with Crippen LogP contribution in [0.4, 0.5) is 0 Å². The Hall–Kier alpha value is -1.43. The van der Waals surface area contributed by atoms with Gasteiger partial charge in [-0.05, 0) is 31.9 Å². The first-order chi connectivity index (χ1) is 12.2. The Morgan fingerprint density at radius 3 is 2.68 bits per heavy atom. The first kappa shape index (κ1) is 18.4. The number of benzene rings is 1. The maximum Gasteiger partial charge on any atom is 0.224 e. The number of likely N-dealkylation sites (tertiary alicyclic amines) is 1. The number of ether oxygens (including phenoxy) is 1. The van der Waals surface area contributed by atoms with Crippen molar-refractivity contribution >= 4 is 5.91 Å². The predicted octanol–water partition coefficient (Wildman–Crippen LogP) is 1.66. The summed E-state index contributed by atoms with van der Waals surface area (Å²) in [5.74, 6) is 0.353. The lowest BCUT2D eigenvalue weighted by molar-refractivity contribution is -0.126. The summed E-state index contributed by atoms with van der Waals surface area (Å²) in [6, 6.07) is 8.72. The van der Waals surface area contributed by atoms with Gasteiger partial charge in [0.25, 0.3) is 0 Å². The molecule has 0 bridgehead atoms. The van der Waals surface area contributed by atoms with Gasteiger partial charge in [0, 0.05) is 39.3 Å². The van der Waals surface area contributed by atoms with Crippen molar-refractivity contribution in [3.63, 3.8) is 0 Å². The fourth-order valence-corrected chi connectivity index (χ4v) is 3.67. The summed E-state index contributed by atoms with van der Waals surface area (Å²) in [6.07, 6.45) is 2.11. The molecule has 0 aliphatic carbocycles. The molecule has 2 saturated heterocycles. The van der Waals surface area contributed by atoms with Crippen LogP contribution in [0.5, 0.6) is 0 Å². The number of carbonyl (C=O) groups is 1. The van der Waals surface area contributed by atoms with E-state index < -0.39 is 0 Å². The molecule has 0 saturated carbocycles. The molecule has 25 heavy (non-hydrogen) atoms. The molecule has 138 valence electrons. The highest BCUT2D eigenvalue weighted by molar-refractivity contribution is 5.78. The molecule has 1 aromatic carbocycles. The highest BCUT2D eigenvalue weighted by Gasteiger charge is 2.25. The largest absolute Gasteiger partial charge is 0.379 e. The van der Waals surface area contributed by atoms with Gasteiger partial charge in [-0.25, -0.2) is 0 Å². The first-order valence-electron chi connectivity index (χ1n) is 9.56. The summed E-state index contributed by atoms with van der Waals surface area (Å²) in [4.78, 5) is 17.3. The van der Waals surface area contributed by atoms with Crippen LogP contribution in [0.25, 0.3) is 0 Å². The van der Waals surface area contributed by atoms with E-state index in [-0.39, 0.29) is 11.8 Å². The van der Waals surface area contributed by atoms with Gasteiger partial charge in [0.1, 0.15) is 0 Å². The Bertz CT molecular complexity index is 540. The van der Waals surface area contributed by atoms with Gasteiger partial charge in [-0.15, -0.1) is 0 Å². The van der Waals surface area contributed by atoms with E-state index in [1.807, 2.05) is 0 Å². The summed E-state index contributed by atoms with van der Waals surface area (Å²) in [5, 5.41) is 3.14. The SMILES string of the molecule is Cc1ccc(CN2CCCC(C(=O)NCCN3CCOCC3)C2)cc1. The van der Waals surface area contributed by atoms with Gasteiger partial charge >= 0.3 is 0 Å². The van der Waals surface area contributed by atoms with Crippen LogP contribution in [-0.2, 0) is 16.1 Å². The van der Waals surface area contributed by atoms with Crippen LogP contribution in [0, 0.1) is 12.8 Å². The second-order valence-corrected chi connectivity index (χ2v) is 7.30. The van der Waals surface area contributed by atoms with Gasteiger partial charge in [0.2, 0.25) is 5.91 Å². The summed E-state index contributed by atoms with van der Waals surface area (Å²) in [5.41, 5.74) is 2.62. The van der Waals surface area contributed by atoms with Gasteiger partial charge < -0.3 is 10.1 Å². The Labute approximate surface area is 151 Å². The third kappa shape index (κ3) is 5.80. The molecule has 0 spiro atoms. The van der Waals surface area contributed by atoms with E-state index in [0.29, 0.717) is 0 Å². The van der Waals surface area contributed by atoms with E-state index in [1.165, 1.54) is 11.1 Å². The van der Waals surface area contributed by atoms with Crippen molar-refractivity contribution in [2.75, 3.05) is 52.5 Å². The zero-order valence-electron chi connectivity index (χ0n) is 15.4. The lowest BCUT2D eigenvalue weighted by Crippen LogP contribution is -2.45. The molecule has 2 aliphatic heterocycles. The van der Waals surface area contributed by atoms with Crippen LogP contribution < -0.4 is 5.32 Å². The standard InChI is InChI=1S/C20H31N3O2/c1-17-4-6-18(7-5-17)15-23-9-2-3-19(16-23)20(24)21-8-10-22-11-13-25-14-12-22/h4-7,19H,2-3,8-16H2,1H3,(H,21,24). The van der Waals surface area contributed by atoms with E-state index in [9.17, 15) is 4.79 Å². The molecule has 2 aliphatic rings. The second kappa shape index (κ2) is 9.32. The summed E-state index contributed by atoms with van der Waals surface area (Å²) in [7, 11) is 0. The number of rotatable bonds is 6. The fourth-order valence-electron chi connectivity index (χ4n) is 3.67. The van der Waals surface area contributed by atoms with Crippen molar-refractivity contribution in [1.29, 1.82) is 0 Å². The third-order valence-corrected chi connectivity index (χ3v) is 5.23. The van der Waals surface area contributed by atoms with Gasteiger partial charge in [-0.2, -0.15) is 0 Å². The van der Waals surface area contributed by atoms with Crippen molar-refractivity contribution in [2.24, 2.45) is 5.92 Å². The minimum absolute atomic E-state index is 0.129. The Morgan fingerprint density at radius 2 is 1.92 bits per heavy atom. The minimum Gasteiger partial charge on any atom is -0.379 e. The number of morpholine rings is 1. The number of hydrogen-bond acceptors (Lipinski definition) is 4. The molecule has 0 radical (unpaired) electrons. The van der Waals surface area contributed by atoms with E-state index in [4.69, 9.17) is 4.74 Å². The quantitative estimate of drug-likeness (QED) is 0.852. The monoisotopic (exact) mass is 345 g/mol. The molecule has 0 aromatic heterocycles. The highest BCUT2D eigenvalue weighted by Crippen LogP contribution is 2.19. The summed E-state index contributed by atoms with van der Waals surface area (Å²) in [6.45, 7) is 10.3. The number of amides is 1. The number of aryl methyl sites for hydroxylation is 1. The maximum absolute atomic E-state index is 12.5. The number of nitrogens with one attached hydrogen (secondary N) is 1. The van der Waals surface area contributed by atoms with Crippen molar-refractivity contribution in [3.05, 3.63) is 35.4 Å². The zero-order chi connectivity index (χ0) is 17.5. The Morgan fingerprint density at radius 1 is 1.16 bits per heavy atom. The lowest BCUT2D eigenvalue weighted by atomic mass is 9.96. The van der Waals surface area contributed by atoms with Crippen molar-refractivity contribution in [2.45, 2.75) is 26.3 Å². The maximum atomic E-state index is 12.5. The van der Waals surface area contributed by atoms with E-state index in [2.05, 4.69) is 46.3 Å². The molecular weight excluding hydrogens is 314 g/mol. The Kier molecular flexibility index (Phi) is 6.84. The van der Waals surface area contributed by atoms with Crippen LogP contribution >= 0.6 is 0 Å². The van der Waals surface area contributed by atoms with Crippen LogP contribution in [0.2, 0.25) is 0 Å². The highest BCUT2D eigenvalue weighted by atomic mass is 16.5. The topological polar surface area (TPSA) is 44.8 Å². The molecule has 3 rings (SSSR count). The normalized spacial score (nSPS) is 22.7. The van der Waals surface area contributed by atoms with Gasteiger partial charge in [-0.3, -0.25) is 14.6 Å². The van der Waals surface area contributed by atoms with Crippen LogP contribution in [-0.4, -0.2) is 68.2 Å². The molecular formula is C20H31N3O2. The third-order valence-electron chi connectivity index (χ3n) is 5.23. The number of nitrogens with zero attached hydrogens (tertiary/aromatic N) is 2. The first-order valence-corrected chi connectivity index (χ1v) is 9.56. The van der Waals surface area contributed by atoms with E-state index >= 15 is 0 Å². The molecule has 5 nitrogen and oxygen atoms in total. The molecule has 1 atom stereocenters. The average molecular weight is 345 g/mol. The predicted molar refractivity (Wildman–Crippen MR) is 99.4 cm³/mol. The zero-order valence-corrected chi connectivity index (χ0v) is 15.4. The van der Waals surface area contributed by atoms with Crippen LogP contribution in [0.1, 0.15) is 24.0 Å². The number of piperidine rings is 1. The summed E-state index contributed by atoms with van der Waals surface area (Å²) < 4.78 is 5.35. The van der Waals surface area contributed by atoms with E-state index in [0.717, 1.165) is 71.9 Å². The molecule has 2 heterocycles. The van der Waals surface area contributed by atoms with Crippen LogP contribution in [0.3, 0.4) is 0 Å². The fraction of sp³-hybridized carbons (Fsp3) is 0.650. The molecule has 1 unspecified atom stereocenters. The number of carbonyl (C=O) groups excluding carboxylic acids is 1. The Balaban J connectivity index is 1.40. The van der Waals surface area contributed by atoms with Crippen molar-refractivity contribution in [3.8, 4) is 0 Å². The lowest BCUT2D eigenvalue weighted by Gasteiger charge is -2.32. The summed E-state index contributed by atoms with van der Waals surface area (Å²) >= 11 is 0. The van der Waals surface area contributed by atoms with E-state index in [1.54, 1.807) is 0 Å². The second-order valence-electron chi connectivity index (χ2n) is 7.30. The molecule has 2 fully saturated rings. The molecule has 1 aromatic rings. The average Bonchev–Trinajstić information content (AvgIpc) is 2.65. The van der Waals surface area contributed by atoms with Gasteiger partial charge in [0.15, 0.2) is 0 Å². The molecule has 5 heteroatoms. The molecule has 1 amide bonds. The van der Waals surface area contributed by atoms with Crippen molar-refractivity contribution in [1.82, 2.24) is 15.1 Å². The van der Waals surface area contributed by atoms with Gasteiger partial charge in [0.05, 0.1) is 19.1 Å². The number of hydrogen-bond donors (Lipinski definition) is 1. The van der Waals surface area contributed by atoms with Crippen molar-refractivity contribution < 1.29 is 9.53 Å². The smallest absolute Gasteiger partial charge is 0.224 e. The van der Waals surface area contributed by atoms with Gasteiger partial charge in [-0.1, -0.05) is 29.8 Å². The molecule has 1 N–H and O–H groups in total. The minimum atomic E-state index is 0.129.